The fraction of sp³-hybridized carbons (Fsp3) is 0.118. The van der Waals surface area contributed by atoms with Gasteiger partial charge in [0, 0.05) is 30.0 Å². The molecule has 0 spiro atoms. The summed E-state index contributed by atoms with van der Waals surface area (Å²) in [5.41, 5.74) is 10.8. The third kappa shape index (κ3) is 3.14. The summed E-state index contributed by atoms with van der Waals surface area (Å²) < 4.78 is 2.72. The quantitative estimate of drug-likeness (QED) is 0.222. The van der Waals surface area contributed by atoms with Crippen LogP contribution in [-0.4, -0.2) is 12.5 Å². The van der Waals surface area contributed by atoms with Gasteiger partial charge >= 0.3 is 0 Å². The van der Waals surface area contributed by atoms with Crippen LogP contribution in [-0.2, 0) is 0 Å². The van der Waals surface area contributed by atoms with Crippen molar-refractivity contribution in [3.05, 3.63) is 108 Å². The van der Waals surface area contributed by atoms with Gasteiger partial charge in [0.25, 0.3) is 0 Å². The molecule has 5 aromatic carbocycles. The molecular formula is C34H28S2. The molecule has 0 N–H and O–H groups in total. The zero-order valence-electron chi connectivity index (χ0n) is 21.1. The van der Waals surface area contributed by atoms with E-state index in [-0.39, 0.29) is 0 Å². The van der Waals surface area contributed by atoms with Crippen LogP contribution in [0.15, 0.2) is 107 Å². The molecule has 0 atom stereocenters. The Morgan fingerprint density at radius 3 is 2.06 bits per heavy atom. The predicted molar refractivity (Wildman–Crippen MR) is 161 cm³/mol. The summed E-state index contributed by atoms with van der Waals surface area (Å²) in [6.07, 6.45) is 4.92. The maximum absolute atomic E-state index is 2.48. The van der Waals surface area contributed by atoms with E-state index in [9.17, 15) is 0 Å². The van der Waals surface area contributed by atoms with Crippen molar-refractivity contribution in [1.82, 2.24) is 0 Å². The second-order valence-corrected chi connectivity index (χ2v) is 14.9. The molecule has 1 aromatic heterocycles. The van der Waals surface area contributed by atoms with E-state index in [1.165, 1.54) is 74.5 Å². The van der Waals surface area contributed by atoms with Crippen molar-refractivity contribution in [3.8, 4) is 33.4 Å². The fourth-order valence-corrected chi connectivity index (χ4v) is 9.51. The summed E-state index contributed by atoms with van der Waals surface area (Å²) in [7, 11) is -1.09. The predicted octanol–water partition coefficient (Wildman–Crippen LogP) is 10.5. The van der Waals surface area contributed by atoms with Crippen LogP contribution in [0.2, 0.25) is 0 Å². The van der Waals surface area contributed by atoms with E-state index in [1.807, 2.05) is 11.3 Å². The number of benzene rings is 5. The minimum Gasteiger partial charge on any atom is -0.192 e. The van der Waals surface area contributed by atoms with Gasteiger partial charge in [0.1, 0.15) is 0 Å². The monoisotopic (exact) mass is 500 g/mol. The van der Waals surface area contributed by atoms with E-state index in [2.05, 4.69) is 123 Å². The van der Waals surface area contributed by atoms with Crippen molar-refractivity contribution in [2.45, 2.75) is 23.6 Å². The molecule has 0 fully saturated rings. The Hall–Kier alpha value is -3.33. The zero-order chi connectivity index (χ0) is 24.6. The minimum atomic E-state index is -1.09. The summed E-state index contributed by atoms with van der Waals surface area (Å²) in [5, 5.41) is 2.72. The molecule has 0 saturated heterocycles. The van der Waals surface area contributed by atoms with Crippen molar-refractivity contribution < 1.29 is 0 Å². The van der Waals surface area contributed by atoms with Gasteiger partial charge < -0.3 is 0 Å². The Kier molecular flexibility index (Phi) is 4.77. The van der Waals surface area contributed by atoms with Crippen LogP contribution in [0.4, 0.5) is 0 Å². The Labute approximate surface area is 218 Å². The summed E-state index contributed by atoms with van der Waals surface area (Å²) in [5.74, 6) is 0. The van der Waals surface area contributed by atoms with Gasteiger partial charge in [-0.05, 0) is 107 Å². The van der Waals surface area contributed by atoms with E-state index in [0.29, 0.717) is 0 Å². The number of rotatable bonds is 2. The first-order valence-electron chi connectivity index (χ1n) is 12.4. The molecule has 2 heterocycles. The highest BCUT2D eigenvalue weighted by Crippen LogP contribution is 2.68. The first-order chi connectivity index (χ1) is 17.4. The second kappa shape index (κ2) is 7.83. The zero-order valence-corrected chi connectivity index (χ0v) is 22.7. The number of hydrogen-bond acceptors (Lipinski definition) is 1. The lowest BCUT2D eigenvalue weighted by atomic mass is 9.92. The lowest BCUT2D eigenvalue weighted by Crippen LogP contribution is -1.95. The lowest BCUT2D eigenvalue weighted by molar-refractivity contribution is 1.34. The summed E-state index contributed by atoms with van der Waals surface area (Å²) in [6, 6.07) is 36.6. The van der Waals surface area contributed by atoms with Crippen molar-refractivity contribution in [3.63, 3.8) is 0 Å². The Morgan fingerprint density at radius 2 is 1.19 bits per heavy atom. The highest BCUT2D eigenvalue weighted by Gasteiger charge is 2.33. The lowest BCUT2D eigenvalue weighted by Gasteiger charge is -2.29. The molecule has 7 rings (SSSR count). The normalized spacial score (nSPS) is 14.7. The van der Waals surface area contributed by atoms with Gasteiger partial charge in [-0.3, -0.25) is 0 Å². The van der Waals surface area contributed by atoms with Crippen LogP contribution in [0.5, 0.6) is 0 Å². The average molecular weight is 501 g/mol. The first-order valence-corrected chi connectivity index (χ1v) is 15.7. The van der Waals surface area contributed by atoms with Crippen molar-refractivity contribution in [2.75, 3.05) is 12.5 Å². The number of fused-ring (bicyclic) bond motifs is 6. The molecular weight excluding hydrogens is 473 g/mol. The van der Waals surface area contributed by atoms with Crippen molar-refractivity contribution in [1.29, 1.82) is 0 Å². The van der Waals surface area contributed by atoms with E-state index in [4.69, 9.17) is 0 Å². The van der Waals surface area contributed by atoms with Gasteiger partial charge in [-0.1, -0.05) is 60.7 Å². The second-order valence-electron chi connectivity index (χ2n) is 10.3. The van der Waals surface area contributed by atoms with E-state index < -0.39 is 10.0 Å². The smallest absolute Gasteiger partial charge is 0.0355 e. The van der Waals surface area contributed by atoms with E-state index in [0.717, 1.165) is 0 Å². The molecule has 1 aliphatic heterocycles. The van der Waals surface area contributed by atoms with Crippen LogP contribution < -0.4 is 0 Å². The molecule has 2 heteroatoms. The molecule has 36 heavy (non-hydrogen) atoms. The van der Waals surface area contributed by atoms with Crippen LogP contribution in [0.25, 0.3) is 53.6 Å². The molecule has 0 nitrogen and oxygen atoms in total. The Bertz CT molecular complexity index is 1830. The summed E-state index contributed by atoms with van der Waals surface area (Å²) in [6.45, 7) is 4.48. The van der Waals surface area contributed by atoms with E-state index in [1.54, 1.807) is 0 Å². The summed E-state index contributed by atoms with van der Waals surface area (Å²) >= 11 is 1.88. The fourth-order valence-electron chi connectivity index (χ4n) is 5.85. The van der Waals surface area contributed by atoms with Crippen LogP contribution in [0, 0.1) is 13.8 Å². The maximum Gasteiger partial charge on any atom is 0.0355 e. The Morgan fingerprint density at radius 1 is 0.500 bits per heavy atom. The molecule has 6 aromatic rings. The minimum absolute atomic E-state index is 1.09. The van der Waals surface area contributed by atoms with Gasteiger partial charge in [-0.25, -0.2) is 0 Å². The molecule has 0 amide bonds. The van der Waals surface area contributed by atoms with Crippen molar-refractivity contribution >= 4 is 41.5 Å². The molecule has 1 aliphatic rings. The first kappa shape index (κ1) is 21.9. The highest BCUT2D eigenvalue weighted by atomic mass is 32.3. The van der Waals surface area contributed by atoms with E-state index >= 15 is 0 Å². The SMILES string of the molecule is Cc1ccccc1-c1cc2c(cc1C)S(C)(C)c1cc(-c3ccc4sc5ccccc5c4c3)ccc1-2. The molecule has 0 unspecified atom stereocenters. The van der Waals surface area contributed by atoms with Gasteiger partial charge in [-0.2, -0.15) is 10.0 Å². The van der Waals surface area contributed by atoms with Crippen LogP contribution >= 0.6 is 21.4 Å². The van der Waals surface area contributed by atoms with Gasteiger partial charge in [0.2, 0.25) is 0 Å². The number of thiophene rings is 1. The Balaban J connectivity index is 1.39. The number of aryl methyl sites for hydroxylation is 2. The molecule has 0 radical (unpaired) electrons. The topological polar surface area (TPSA) is 0 Å². The van der Waals surface area contributed by atoms with Crippen LogP contribution in [0.3, 0.4) is 0 Å². The molecule has 0 aliphatic carbocycles. The largest absolute Gasteiger partial charge is 0.192 e. The maximum atomic E-state index is 2.48. The molecule has 0 bridgehead atoms. The van der Waals surface area contributed by atoms with Gasteiger partial charge in [0.05, 0.1) is 0 Å². The third-order valence-electron chi connectivity index (χ3n) is 7.84. The van der Waals surface area contributed by atoms with Crippen LogP contribution in [0.1, 0.15) is 11.1 Å². The standard InChI is InChI=1S/C34H28S2/c1-21-9-5-6-10-25(21)28-20-30-27-15-13-24(19-34(27)36(3,4)33(30)17-22(28)2)23-14-16-32-29(18-23)26-11-7-8-12-31(26)35-32/h5-20H,1-4H3. The number of hydrogen-bond donors (Lipinski definition) is 0. The molecule has 0 saturated carbocycles. The van der Waals surface area contributed by atoms with Gasteiger partial charge in [-0.15, -0.1) is 11.3 Å². The highest BCUT2D eigenvalue weighted by molar-refractivity contribution is 8.33. The summed E-state index contributed by atoms with van der Waals surface area (Å²) in [4.78, 5) is 3.02. The van der Waals surface area contributed by atoms with Crippen molar-refractivity contribution in [2.24, 2.45) is 0 Å². The van der Waals surface area contributed by atoms with Gasteiger partial charge in [0.15, 0.2) is 0 Å². The molecule has 176 valence electrons. The third-order valence-corrected chi connectivity index (χ3v) is 11.9. The average Bonchev–Trinajstić information content (AvgIpc) is 3.36.